The molecular formula is C23H26FN3O3. The van der Waals surface area contributed by atoms with Gasteiger partial charge < -0.3 is 10.1 Å². The van der Waals surface area contributed by atoms with Gasteiger partial charge >= 0.3 is 0 Å². The van der Waals surface area contributed by atoms with Crippen LogP contribution in [0.5, 0.6) is 5.75 Å². The van der Waals surface area contributed by atoms with Gasteiger partial charge in [0.15, 0.2) is 0 Å². The molecule has 2 amide bonds. The van der Waals surface area contributed by atoms with E-state index in [0.717, 1.165) is 37.4 Å². The Kier molecular flexibility index (Phi) is 5.99. The van der Waals surface area contributed by atoms with Gasteiger partial charge in [0.25, 0.3) is 5.91 Å². The summed E-state index contributed by atoms with van der Waals surface area (Å²) in [5, 5.41) is 3.54. The van der Waals surface area contributed by atoms with E-state index in [-0.39, 0.29) is 18.2 Å². The molecule has 2 fully saturated rings. The lowest BCUT2D eigenvalue weighted by atomic mass is 10.0. The van der Waals surface area contributed by atoms with Gasteiger partial charge in [-0.2, -0.15) is 0 Å². The van der Waals surface area contributed by atoms with E-state index in [1.165, 1.54) is 29.2 Å². The molecule has 2 aromatic rings. The van der Waals surface area contributed by atoms with E-state index < -0.39 is 11.9 Å². The minimum atomic E-state index is -0.436. The molecule has 0 bridgehead atoms. The third kappa shape index (κ3) is 4.31. The molecule has 1 atom stereocenters. The van der Waals surface area contributed by atoms with Gasteiger partial charge in [-0.25, -0.2) is 9.29 Å². The third-order valence-electron chi connectivity index (χ3n) is 5.71. The molecule has 2 heterocycles. The van der Waals surface area contributed by atoms with Gasteiger partial charge in [0.1, 0.15) is 11.6 Å². The number of halogens is 1. The quantitative estimate of drug-likeness (QED) is 0.738. The molecule has 0 spiro atoms. The van der Waals surface area contributed by atoms with Crippen LogP contribution in [0.15, 0.2) is 48.5 Å². The lowest BCUT2D eigenvalue weighted by Gasteiger charge is -2.35. The molecule has 0 aromatic heterocycles. The molecule has 2 aromatic carbocycles. The zero-order valence-corrected chi connectivity index (χ0v) is 17.0. The molecule has 2 aliphatic heterocycles. The van der Waals surface area contributed by atoms with E-state index in [9.17, 15) is 14.0 Å². The number of ether oxygens (including phenoxy) is 1. The molecular weight excluding hydrogens is 385 g/mol. The number of anilines is 2. The summed E-state index contributed by atoms with van der Waals surface area (Å²) in [6.45, 7) is 4.10. The number of benzene rings is 2. The van der Waals surface area contributed by atoms with Gasteiger partial charge in [-0.3, -0.25) is 14.5 Å². The summed E-state index contributed by atoms with van der Waals surface area (Å²) in [5.41, 5.74) is 1.48. The normalized spacial score (nSPS) is 20.6. The molecule has 158 valence electrons. The fraction of sp³-hybridized carbons (Fsp3) is 0.391. The highest BCUT2D eigenvalue weighted by Gasteiger charge is 2.43. The number of hydrogen-bond donors (Lipinski definition) is 1. The fourth-order valence-corrected chi connectivity index (χ4v) is 4.17. The summed E-state index contributed by atoms with van der Waals surface area (Å²) in [4.78, 5) is 28.7. The molecule has 7 heteroatoms. The monoisotopic (exact) mass is 411 g/mol. The van der Waals surface area contributed by atoms with E-state index in [2.05, 4.69) is 10.2 Å². The second-order valence-electron chi connectivity index (χ2n) is 7.68. The number of imide groups is 1. The van der Waals surface area contributed by atoms with Crippen LogP contribution in [0.1, 0.15) is 26.2 Å². The molecule has 30 heavy (non-hydrogen) atoms. The van der Waals surface area contributed by atoms with Crippen molar-refractivity contribution in [1.29, 1.82) is 0 Å². The van der Waals surface area contributed by atoms with E-state index in [1.807, 2.05) is 31.2 Å². The molecule has 0 unspecified atom stereocenters. The van der Waals surface area contributed by atoms with E-state index in [0.29, 0.717) is 18.3 Å². The Morgan fingerprint density at radius 2 is 1.70 bits per heavy atom. The largest absolute Gasteiger partial charge is 0.494 e. The highest BCUT2D eigenvalue weighted by Crippen LogP contribution is 2.28. The summed E-state index contributed by atoms with van der Waals surface area (Å²) in [6.07, 6.45) is 1.96. The average Bonchev–Trinajstić information content (AvgIpc) is 3.05. The first-order valence-electron chi connectivity index (χ1n) is 10.4. The van der Waals surface area contributed by atoms with Gasteiger partial charge in [0, 0.05) is 24.8 Å². The first-order valence-corrected chi connectivity index (χ1v) is 10.4. The Hall–Kier alpha value is -2.93. The number of nitrogens with one attached hydrogen (secondary N) is 1. The minimum Gasteiger partial charge on any atom is -0.494 e. The number of carbonyl (C=O) groups excluding carboxylic acids is 2. The maximum absolute atomic E-state index is 13.2. The van der Waals surface area contributed by atoms with Gasteiger partial charge in [0.05, 0.1) is 24.8 Å². The Bertz CT molecular complexity index is 893. The number of nitrogens with zero attached hydrogens (tertiary/aromatic N) is 2. The lowest BCUT2D eigenvalue weighted by Crippen LogP contribution is -2.48. The van der Waals surface area contributed by atoms with E-state index in [4.69, 9.17) is 4.74 Å². The number of rotatable bonds is 6. The third-order valence-corrected chi connectivity index (χ3v) is 5.71. The second kappa shape index (κ2) is 8.83. The van der Waals surface area contributed by atoms with Crippen molar-refractivity contribution in [3.63, 3.8) is 0 Å². The van der Waals surface area contributed by atoms with Gasteiger partial charge in [-0.1, -0.05) is 0 Å². The Balaban J connectivity index is 1.33. The summed E-state index contributed by atoms with van der Waals surface area (Å²) in [6, 6.07) is 13.3. The van der Waals surface area contributed by atoms with Gasteiger partial charge in [-0.05, 0) is 68.3 Å². The summed E-state index contributed by atoms with van der Waals surface area (Å²) >= 11 is 0. The summed E-state index contributed by atoms with van der Waals surface area (Å²) in [7, 11) is 0. The van der Waals surface area contributed by atoms with Gasteiger partial charge in [-0.15, -0.1) is 0 Å². The Morgan fingerprint density at radius 1 is 1.03 bits per heavy atom. The molecule has 6 nitrogen and oxygen atoms in total. The number of amides is 2. The van der Waals surface area contributed by atoms with Crippen molar-refractivity contribution in [3.8, 4) is 5.75 Å². The Morgan fingerprint density at radius 3 is 2.33 bits per heavy atom. The fourth-order valence-electron chi connectivity index (χ4n) is 4.17. The SMILES string of the molecule is CCOc1ccc(NC2CCN([C@H]3CC(=O)N(c4ccc(F)cc4)C3=O)CC2)cc1. The van der Waals surface area contributed by atoms with Crippen molar-refractivity contribution in [2.75, 3.05) is 29.9 Å². The first kappa shape index (κ1) is 20.3. The van der Waals surface area contributed by atoms with Crippen LogP contribution in [0.25, 0.3) is 0 Å². The van der Waals surface area contributed by atoms with E-state index in [1.54, 1.807) is 0 Å². The number of hydrogen-bond acceptors (Lipinski definition) is 5. The molecule has 4 rings (SSSR count). The molecule has 0 saturated carbocycles. The first-order chi connectivity index (χ1) is 14.5. The highest BCUT2D eigenvalue weighted by molar-refractivity contribution is 6.22. The van der Waals surface area contributed by atoms with Crippen LogP contribution in [0, 0.1) is 5.82 Å². The van der Waals surface area contributed by atoms with Crippen LogP contribution in [0.4, 0.5) is 15.8 Å². The van der Waals surface area contributed by atoms with Crippen LogP contribution in [0.2, 0.25) is 0 Å². The summed E-state index contributed by atoms with van der Waals surface area (Å²) < 4.78 is 18.6. The number of likely N-dealkylation sites (tertiary alicyclic amines) is 1. The molecule has 0 radical (unpaired) electrons. The highest BCUT2D eigenvalue weighted by atomic mass is 19.1. The van der Waals surface area contributed by atoms with Crippen LogP contribution in [0.3, 0.4) is 0 Å². The van der Waals surface area contributed by atoms with Crippen molar-refractivity contribution in [1.82, 2.24) is 4.90 Å². The van der Waals surface area contributed by atoms with Crippen molar-refractivity contribution < 1.29 is 18.7 Å². The van der Waals surface area contributed by atoms with Crippen LogP contribution < -0.4 is 15.0 Å². The topological polar surface area (TPSA) is 61.9 Å². The second-order valence-corrected chi connectivity index (χ2v) is 7.68. The van der Waals surface area contributed by atoms with Crippen molar-refractivity contribution in [2.45, 2.75) is 38.3 Å². The van der Waals surface area contributed by atoms with Gasteiger partial charge in [0.2, 0.25) is 5.91 Å². The standard InChI is InChI=1S/C23H26FN3O3/c1-2-30-20-9-5-17(6-10-20)25-18-11-13-26(14-12-18)21-15-22(28)27(23(21)29)19-7-3-16(24)4-8-19/h3-10,18,21,25H,2,11-15H2,1H3/t21-/m0/s1. The predicted molar refractivity (Wildman–Crippen MR) is 113 cm³/mol. The molecule has 2 saturated heterocycles. The smallest absolute Gasteiger partial charge is 0.251 e. The van der Waals surface area contributed by atoms with E-state index >= 15 is 0 Å². The van der Waals surface area contributed by atoms with Crippen LogP contribution in [-0.2, 0) is 9.59 Å². The predicted octanol–water partition coefficient (Wildman–Crippen LogP) is 3.43. The van der Waals surface area contributed by atoms with Crippen molar-refractivity contribution in [3.05, 3.63) is 54.3 Å². The van der Waals surface area contributed by atoms with Crippen LogP contribution in [-0.4, -0.2) is 48.5 Å². The van der Waals surface area contributed by atoms with Crippen LogP contribution >= 0.6 is 0 Å². The molecule has 0 aliphatic carbocycles. The maximum atomic E-state index is 13.2. The zero-order valence-electron chi connectivity index (χ0n) is 17.0. The maximum Gasteiger partial charge on any atom is 0.251 e. The Labute approximate surface area is 175 Å². The summed E-state index contributed by atoms with van der Waals surface area (Å²) in [5.74, 6) is 0.0141. The van der Waals surface area contributed by atoms with Crippen molar-refractivity contribution >= 4 is 23.2 Å². The number of carbonyl (C=O) groups is 2. The zero-order chi connectivity index (χ0) is 21.1. The minimum absolute atomic E-state index is 0.174. The number of piperidine rings is 1. The van der Waals surface area contributed by atoms with Crippen molar-refractivity contribution in [2.24, 2.45) is 0 Å². The molecule has 2 aliphatic rings. The average molecular weight is 411 g/mol. The molecule has 1 N–H and O–H groups in total. The lowest BCUT2D eigenvalue weighted by molar-refractivity contribution is -0.123.